The molecule has 2 N–H and O–H groups in total. The molecule has 3 rings (SSSR count). The Labute approximate surface area is 158 Å². The Bertz CT molecular complexity index is 988. The van der Waals surface area contributed by atoms with Crippen molar-refractivity contribution in [2.75, 3.05) is 5.73 Å². The second-order valence-electron chi connectivity index (χ2n) is 6.18. The third kappa shape index (κ3) is 4.05. The molecule has 2 heterocycles. The highest BCUT2D eigenvalue weighted by molar-refractivity contribution is 5.68. The third-order valence-corrected chi connectivity index (χ3v) is 4.04. The molecule has 1 aromatic carbocycles. The summed E-state index contributed by atoms with van der Waals surface area (Å²) in [6.07, 6.45) is -2.95. The molecule has 0 aliphatic rings. The van der Waals surface area contributed by atoms with Crippen molar-refractivity contribution in [2.24, 2.45) is 0 Å². The van der Waals surface area contributed by atoms with Crippen LogP contribution in [0.25, 0.3) is 22.8 Å². The van der Waals surface area contributed by atoms with Crippen LogP contribution in [0, 0.1) is 6.92 Å². The number of anilines is 1. The fraction of sp³-hybridized carbons (Fsp3) is 0.333. The van der Waals surface area contributed by atoms with Crippen LogP contribution in [0.5, 0.6) is 5.75 Å². The number of hydrogen-bond donors (Lipinski definition) is 1. The van der Waals surface area contributed by atoms with Crippen molar-refractivity contribution < 1.29 is 22.4 Å². The van der Waals surface area contributed by atoms with Crippen molar-refractivity contribution in [3.8, 4) is 28.6 Å². The van der Waals surface area contributed by atoms with Gasteiger partial charge in [-0.1, -0.05) is 12.1 Å². The number of rotatable bonds is 5. The SMILES string of the molecule is CC[C@H](C)Oc1ccc(-c2nc(-c3cnc(C)nc3N)no2)cc1C(F)(F)F. The van der Waals surface area contributed by atoms with Crippen molar-refractivity contribution >= 4 is 5.82 Å². The maximum absolute atomic E-state index is 13.5. The van der Waals surface area contributed by atoms with E-state index in [-0.39, 0.29) is 34.9 Å². The first-order chi connectivity index (χ1) is 13.2. The van der Waals surface area contributed by atoms with Gasteiger partial charge in [-0.25, -0.2) is 9.97 Å². The van der Waals surface area contributed by atoms with E-state index in [0.29, 0.717) is 17.8 Å². The number of nitrogens with zero attached hydrogens (tertiary/aromatic N) is 4. The molecular weight excluding hydrogens is 375 g/mol. The molecule has 0 aliphatic carbocycles. The van der Waals surface area contributed by atoms with Gasteiger partial charge in [-0.05, 0) is 38.5 Å². The maximum atomic E-state index is 13.5. The van der Waals surface area contributed by atoms with Gasteiger partial charge < -0.3 is 15.0 Å². The first kappa shape index (κ1) is 19.6. The molecule has 0 saturated heterocycles. The Hall–Kier alpha value is -3.17. The molecule has 0 saturated carbocycles. The summed E-state index contributed by atoms with van der Waals surface area (Å²) in [5.41, 5.74) is 5.34. The molecule has 3 aromatic rings. The van der Waals surface area contributed by atoms with Crippen LogP contribution < -0.4 is 10.5 Å². The maximum Gasteiger partial charge on any atom is 0.419 e. The number of ether oxygens (including phenoxy) is 1. The van der Waals surface area contributed by atoms with Gasteiger partial charge in [-0.15, -0.1) is 0 Å². The van der Waals surface area contributed by atoms with Crippen LogP contribution in [-0.4, -0.2) is 26.2 Å². The molecule has 0 amide bonds. The molecule has 28 heavy (non-hydrogen) atoms. The van der Waals surface area contributed by atoms with Crippen molar-refractivity contribution in [1.29, 1.82) is 0 Å². The molecule has 2 aromatic heterocycles. The normalized spacial score (nSPS) is 12.8. The summed E-state index contributed by atoms with van der Waals surface area (Å²) in [7, 11) is 0. The zero-order valence-electron chi connectivity index (χ0n) is 15.4. The quantitative estimate of drug-likeness (QED) is 0.690. The summed E-state index contributed by atoms with van der Waals surface area (Å²) in [6.45, 7) is 5.20. The average molecular weight is 393 g/mol. The molecule has 7 nitrogen and oxygen atoms in total. The zero-order valence-corrected chi connectivity index (χ0v) is 15.4. The summed E-state index contributed by atoms with van der Waals surface area (Å²) in [6, 6.07) is 3.60. The summed E-state index contributed by atoms with van der Waals surface area (Å²) in [5.74, 6) is 0.364. The standard InChI is InChI=1S/C18H18F3N5O2/c1-4-9(2)27-14-6-5-11(7-13(14)18(19,20)21)17-25-16(26-28-17)12-8-23-10(3)24-15(12)22/h5-9H,4H2,1-3H3,(H2,22,23,24)/t9-/m0/s1. The molecule has 0 spiro atoms. The topological polar surface area (TPSA) is 100.0 Å². The fourth-order valence-corrected chi connectivity index (χ4v) is 2.40. The van der Waals surface area contributed by atoms with Crippen molar-refractivity contribution in [3.05, 3.63) is 35.8 Å². The van der Waals surface area contributed by atoms with E-state index < -0.39 is 11.7 Å². The minimum Gasteiger partial charge on any atom is -0.490 e. The van der Waals surface area contributed by atoms with E-state index in [4.69, 9.17) is 15.0 Å². The van der Waals surface area contributed by atoms with E-state index in [0.717, 1.165) is 6.07 Å². The van der Waals surface area contributed by atoms with E-state index in [1.165, 1.54) is 18.3 Å². The molecule has 1 atom stereocenters. The molecule has 0 bridgehead atoms. The number of benzene rings is 1. The van der Waals surface area contributed by atoms with Crippen molar-refractivity contribution in [2.45, 2.75) is 39.5 Å². The van der Waals surface area contributed by atoms with Gasteiger partial charge in [0.2, 0.25) is 5.82 Å². The van der Waals surface area contributed by atoms with Crippen LogP contribution in [0.4, 0.5) is 19.0 Å². The predicted octanol–water partition coefficient (Wildman–Crippen LogP) is 4.28. The van der Waals surface area contributed by atoms with Crippen LogP contribution in [0.1, 0.15) is 31.7 Å². The van der Waals surface area contributed by atoms with E-state index in [1.54, 1.807) is 13.8 Å². The van der Waals surface area contributed by atoms with E-state index >= 15 is 0 Å². The zero-order chi connectivity index (χ0) is 20.5. The van der Waals surface area contributed by atoms with Gasteiger partial charge in [-0.2, -0.15) is 18.2 Å². The van der Waals surface area contributed by atoms with Crippen LogP contribution in [-0.2, 0) is 6.18 Å². The van der Waals surface area contributed by atoms with Crippen molar-refractivity contribution in [3.63, 3.8) is 0 Å². The lowest BCUT2D eigenvalue weighted by molar-refractivity contribution is -0.139. The lowest BCUT2D eigenvalue weighted by Crippen LogP contribution is -2.15. The number of hydrogen-bond acceptors (Lipinski definition) is 7. The highest BCUT2D eigenvalue weighted by atomic mass is 19.4. The minimum absolute atomic E-state index is 0.0843. The average Bonchev–Trinajstić information content (AvgIpc) is 3.10. The molecule has 0 radical (unpaired) electrons. The summed E-state index contributed by atoms with van der Waals surface area (Å²) in [4.78, 5) is 12.1. The van der Waals surface area contributed by atoms with Gasteiger partial charge in [-0.3, -0.25) is 0 Å². The number of aryl methyl sites for hydroxylation is 1. The molecule has 0 unspecified atom stereocenters. The fourth-order valence-electron chi connectivity index (χ4n) is 2.40. The second-order valence-corrected chi connectivity index (χ2v) is 6.18. The number of alkyl halides is 3. The smallest absolute Gasteiger partial charge is 0.419 e. The Morgan fingerprint density at radius 2 is 2.00 bits per heavy atom. The highest BCUT2D eigenvalue weighted by Gasteiger charge is 2.35. The monoisotopic (exact) mass is 393 g/mol. The number of nitrogens with two attached hydrogens (primary N) is 1. The van der Waals surface area contributed by atoms with E-state index in [1.807, 2.05) is 6.92 Å². The van der Waals surface area contributed by atoms with Gasteiger partial charge in [0.25, 0.3) is 5.89 Å². The highest BCUT2D eigenvalue weighted by Crippen LogP contribution is 2.39. The Morgan fingerprint density at radius 3 is 2.64 bits per heavy atom. The largest absolute Gasteiger partial charge is 0.490 e. The third-order valence-electron chi connectivity index (χ3n) is 4.04. The van der Waals surface area contributed by atoms with Gasteiger partial charge in [0.1, 0.15) is 17.4 Å². The molecule has 0 fully saturated rings. The van der Waals surface area contributed by atoms with Crippen LogP contribution >= 0.6 is 0 Å². The number of aromatic nitrogens is 4. The lowest BCUT2D eigenvalue weighted by atomic mass is 10.1. The van der Waals surface area contributed by atoms with Gasteiger partial charge >= 0.3 is 6.18 Å². The number of halogens is 3. The van der Waals surface area contributed by atoms with Crippen LogP contribution in [0.15, 0.2) is 28.9 Å². The van der Waals surface area contributed by atoms with E-state index in [2.05, 4.69) is 20.1 Å². The van der Waals surface area contributed by atoms with Crippen LogP contribution in [0.2, 0.25) is 0 Å². The first-order valence-corrected chi connectivity index (χ1v) is 8.50. The lowest BCUT2D eigenvalue weighted by Gasteiger charge is -2.18. The molecule has 148 valence electrons. The summed E-state index contributed by atoms with van der Waals surface area (Å²) >= 11 is 0. The predicted molar refractivity (Wildman–Crippen MR) is 95.3 cm³/mol. The molecule has 10 heteroatoms. The Kier molecular flexibility index (Phi) is 5.21. The second kappa shape index (κ2) is 7.45. The van der Waals surface area contributed by atoms with Crippen molar-refractivity contribution in [1.82, 2.24) is 20.1 Å². The van der Waals surface area contributed by atoms with Gasteiger partial charge in [0.15, 0.2) is 0 Å². The van der Waals surface area contributed by atoms with Crippen LogP contribution in [0.3, 0.4) is 0 Å². The summed E-state index contributed by atoms with van der Waals surface area (Å²) < 4.78 is 51.0. The Morgan fingerprint density at radius 1 is 1.25 bits per heavy atom. The molecule has 0 aliphatic heterocycles. The number of nitrogen functional groups attached to an aromatic ring is 1. The van der Waals surface area contributed by atoms with E-state index in [9.17, 15) is 13.2 Å². The minimum atomic E-state index is -4.60. The van der Waals surface area contributed by atoms with Gasteiger partial charge in [0.05, 0.1) is 17.2 Å². The Balaban J connectivity index is 1.99. The summed E-state index contributed by atoms with van der Waals surface area (Å²) in [5, 5.41) is 3.77. The van der Waals surface area contributed by atoms with Gasteiger partial charge in [0, 0.05) is 11.8 Å². The molecular formula is C18H18F3N5O2. The first-order valence-electron chi connectivity index (χ1n) is 8.50.